The van der Waals surface area contributed by atoms with Crippen LogP contribution in [0.15, 0.2) is 0 Å². The number of carbonyl (C=O) groups excluding carboxylic acids is 1. The second-order valence-corrected chi connectivity index (χ2v) is 5.63. The summed E-state index contributed by atoms with van der Waals surface area (Å²) < 4.78 is 0. The van der Waals surface area contributed by atoms with Gasteiger partial charge in [0.15, 0.2) is 0 Å². The summed E-state index contributed by atoms with van der Waals surface area (Å²) in [5.41, 5.74) is 5.98. The van der Waals surface area contributed by atoms with Gasteiger partial charge in [0.25, 0.3) is 0 Å². The molecule has 1 saturated carbocycles. The maximum absolute atomic E-state index is 11.8. The molecule has 122 valence electrons. The van der Waals surface area contributed by atoms with Crippen LogP contribution < -0.4 is 11.1 Å². The Morgan fingerprint density at radius 3 is 2.45 bits per heavy atom. The molecule has 0 aromatic carbocycles. The molecule has 0 spiro atoms. The number of rotatable bonds is 7. The van der Waals surface area contributed by atoms with E-state index in [0.29, 0.717) is 18.4 Å². The van der Waals surface area contributed by atoms with Crippen LogP contribution in [0.5, 0.6) is 0 Å². The number of amides is 1. The van der Waals surface area contributed by atoms with Crippen molar-refractivity contribution in [3.8, 4) is 0 Å². The monoisotopic (exact) mass is 327 g/mol. The lowest BCUT2D eigenvalue weighted by atomic mass is 10.00. The predicted molar refractivity (Wildman–Crippen MR) is 89.8 cm³/mol. The highest BCUT2D eigenvalue weighted by Gasteiger charge is 2.25. The first kappa shape index (κ1) is 22.3. The summed E-state index contributed by atoms with van der Waals surface area (Å²) in [6.07, 6.45) is 3.97. The van der Waals surface area contributed by atoms with Gasteiger partial charge < -0.3 is 11.1 Å². The molecule has 1 aliphatic rings. The zero-order valence-corrected chi connectivity index (χ0v) is 14.6. The average molecular weight is 328 g/mol. The Balaban J connectivity index is 0. The predicted octanol–water partition coefficient (Wildman–Crippen LogP) is 2.19. The maximum Gasteiger partial charge on any atom is 0.220 e. The van der Waals surface area contributed by atoms with E-state index in [1.165, 1.54) is 6.42 Å². The first-order chi connectivity index (χ1) is 8.54. The van der Waals surface area contributed by atoms with E-state index < -0.39 is 0 Å². The third-order valence-corrected chi connectivity index (χ3v) is 4.02. The normalized spacial score (nSPS) is 21.5. The van der Waals surface area contributed by atoms with E-state index in [4.69, 9.17) is 5.73 Å². The summed E-state index contributed by atoms with van der Waals surface area (Å²) in [5.74, 6) is 0.564. The van der Waals surface area contributed by atoms with Crippen molar-refractivity contribution in [1.29, 1.82) is 0 Å². The van der Waals surface area contributed by atoms with E-state index in [-0.39, 0.29) is 36.8 Å². The zero-order chi connectivity index (χ0) is 13.5. The van der Waals surface area contributed by atoms with Crippen molar-refractivity contribution < 1.29 is 4.79 Å². The number of halogens is 2. The minimum absolute atomic E-state index is 0. The van der Waals surface area contributed by atoms with Gasteiger partial charge in [0.2, 0.25) is 5.91 Å². The van der Waals surface area contributed by atoms with Crippen molar-refractivity contribution in [2.75, 3.05) is 19.6 Å². The molecule has 1 rings (SSSR count). The zero-order valence-electron chi connectivity index (χ0n) is 12.9. The van der Waals surface area contributed by atoms with Gasteiger partial charge in [-0.1, -0.05) is 13.3 Å². The molecule has 1 fully saturated rings. The van der Waals surface area contributed by atoms with Crippen molar-refractivity contribution in [2.45, 2.75) is 58.5 Å². The van der Waals surface area contributed by atoms with Crippen molar-refractivity contribution >= 4 is 30.7 Å². The minimum Gasteiger partial charge on any atom is -0.355 e. The molecule has 0 heterocycles. The van der Waals surface area contributed by atoms with Crippen LogP contribution in [0.25, 0.3) is 0 Å². The van der Waals surface area contributed by atoms with Crippen molar-refractivity contribution in [3.63, 3.8) is 0 Å². The fourth-order valence-electron chi connectivity index (χ4n) is 2.75. The third kappa shape index (κ3) is 7.67. The highest BCUT2D eigenvalue weighted by Crippen LogP contribution is 2.26. The standard InChI is InChI=1S/C14H29N3O.2ClH/c1-4-17(11(2)3)9-8-16-14(18)10-12-6-5-7-13(12)15;;/h11-13H,4-10,15H2,1-3H3,(H,16,18);2*1H/t12-,13+;;/m0../s1. The second-order valence-electron chi connectivity index (χ2n) is 5.63. The summed E-state index contributed by atoms with van der Waals surface area (Å²) >= 11 is 0. The molecule has 3 N–H and O–H groups in total. The molecule has 4 nitrogen and oxygen atoms in total. The largest absolute Gasteiger partial charge is 0.355 e. The number of hydrogen-bond donors (Lipinski definition) is 2. The van der Waals surface area contributed by atoms with Crippen LogP contribution in [0.1, 0.15) is 46.5 Å². The number of nitrogens with one attached hydrogen (secondary N) is 1. The molecule has 0 radical (unpaired) electrons. The SMILES string of the molecule is CCN(CCNC(=O)C[C@@H]1CCC[C@H]1N)C(C)C.Cl.Cl. The van der Waals surface area contributed by atoms with Crippen LogP contribution in [-0.2, 0) is 4.79 Å². The van der Waals surface area contributed by atoms with Crippen LogP contribution in [0.4, 0.5) is 0 Å². The lowest BCUT2D eigenvalue weighted by molar-refractivity contribution is -0.122. The topological polar surface area (TPSA) is 58.4 Å². The van der Waals surface area contributed by atoms with E-state index in [1.807, 2.05) is 0 Å². The summed E-state index contributed by atoms with van der Waals surface area (Å²) in [7, 11) is 0. The molecular weight excluding hydrogens is 297 g/mol. The molecule has 1 aliphatic carbocycles. The molecule has 0 unspecified atom stereocenters. The fraction of sp³-hybridized carbons (Fsp3) is 0.929. The number of nitrogens with zero attached hydrogens (tertiary/aromatic N) is 1. The average Bonchev–Trinajstić information content (AvgIpc) is 2.70. The molecule has 6 heteroatoms. The summed E-state index contributed by atoms with van der Waals surface area (Å²) in [6.45, 7) is 9.22. The first-order valence-electron chi connectivity index (χ1n) is 7.31. The van der Waals surface area contributed by atoms with Gasteiger partial charge in [-0.3, -0.25) is 9.69 Å². The molecular formula is C14H31Cl2N3O. The van der Waals surface area contributed by atoms with E-state index >= 15 is 0 Å². The lowest BCUT2D eigenvalue weighted by Gasteiger charge is -2.24. The smallest absolute Gasteiger partial charge is 0.220 e. The van der Waals surface area contributed by atoms with Crippen LogP contribution >= 0.6 is 24.8 Å². The minimum atomic E-state index is 0. The highest BCUT2D eigenvalue weighted by molar-refractivity contribution is 5.85. The van der Waals surface area contributed by atoms with E-state index in [0.717, 1.165) is 32.5 Å². The maximum atomic E-state index is 11.8. The van der Waals surface area contributed by atoms with Crippen LogP contribution in [-0.4, -0.2) is 42.5 Å². The molecule has 0 saturated heterocycles. The van der Waals surface area contributed by atoms with Gasteiger partial charge in [0.05, 0.1) is 0 Å². The fourth-order valence-corrected chi connectivity index (χ4v) is 2.75. The number of likely N-dealkylation sites (N-methyl/N-ethyl adjacent to an activating group) is 1. The molecule has 1 amide bonds. The molecule has 20 heavy (non-hydrogen) atoms. The third-order valence-electron chi connectivity index (χ3n) is 4.02. The van der Waals surface area contributed by atoms with Crippen molar-refractivity contribution in [3.05, 3.63) is 0 Å². The Kier molecular flexibility index (Phi) is 12.9. The Bertz CT molecular complexity index is 265. The van der Waals surface area contributed by atoms with Crippen LogP contribution in [0.2, 0.25) is 0 Å². The van der Waals surface area contributed by atoms with Gasteiger partial charge >= 0.3 is 0 Å². The molecule has 0 aromatic heterocycles. The number of hydrogen-bond acceptors (Lipinski definition) is 3. The van der Waals surface area contributed by atoms with E-state index in [2.05, 4.69) is 31.0 Å². The first-order valence-corrected chi connectivity index (χ1v) is 7.31. The molecule has 0 bridgehead atoms. The molecule has 2 atom stereocenters. The quantitative estimate of drug-likeness (QED) is 0.753. The van der Waals surface area contributed by atoms with Crippen molar-refractivity contribution in [1.82, 2.24) is 10.2 Å². The van der Waals surface area contributed by atoms with Gasteiger partial charge in [-0.05, 0) is 39.2 Å². The highest BCUT2D eigenvalue weighted by atomic mass is 35.5. The number of nitrogens with two attached hydrogens (primary N) is 1. The summed E-state index contributed by atoms with van der Waals surface area (Å²) in [5, 5.41) is 3.01. The van der Waals surface area contributed by atoms with E-state index in [1.54, 1.807) is 0 Å². The van der Waals surface area contributed by atoms with Crippen molar-refractivity contribution in [2.24, 2.45) is 11.7 Å². The van der Waals surface area contributed by atoms with Gasteiger partial charge in [-0.15, -0.1) is 24.8 Å². The Hall–Kier alpha value is -0.0300. The Labute approximate surface area is 136 Å². The van der Waals surface area contributed by atoms with Gasteiger partial charge in [0.1, 0.15) is 0 Å². The van der Waals surface area contributed by atoms with Gasteiger partial charge in [0, 0.05) is 31.6 Å². The Morgan fingerprint density at radius 1 is 1.35 bits per heavy atom. The molecule has 0 aliphatic heterocycles. The van der Waals surface area contributed by atoms with Gasteiger partial charge in [-0.25, -0.2) is 0 Å². The van der Waals surface area contributed by atoms with Gasteiger partial charge in [-0.2, -0.15) is 0 Å². The lowest BCUT2D eigenvalue weighted by Crippen LogP contribution is -2.39. The molecule has 0 aromatic rings. The summed E-state index contributed by atoms with van der Waals surface area (Å²) in [4.78, 5) is 14.1. The van der Waals surface area contributed by atoms with Crippen LogP contribution in [0.3, 0.4) is 0 Å². The summed E-state index contributed by atoms with van der Waals surface area (Å²) in [6, 6.07) is 0.772. The van der Waals surface area contributed by atoms with E-state index in [9.17, 15) is 4.79 Å². The second kappa shape index (κ2) is 11.6. The number of carbonyl (C=O) groups is 1. The van der Waals surface area contributed by atoms with Crippen LogP contribution in [0, 0.1) is 5.92 Å². The Morgan fingerprint density at radius 2 is 2.00 bits per heavy atom.